The molecule has 0 fully saturated rings. The summed E-state index contributed by atoms with van der Waals surface area (Å²) >= 11 is 3.39. The predicted octanol–water partition coefficient (Wildman–Crippen LogP) is 2.85. The molecule has 0 bridgehead atoms. The molecule has 0 aliphatic carbocycles. The highest BCUT2D eigenvalue weighted by atomic mass is 79.9. The van der Waals surface area contributed by atoms with E-state index in [2.05, 4.69) is 28.1 Å². The first-order chi connectivity index (χ1) is 5.68. The minimum absolute atomic E-state index is 0.873. The number of rotatable bonds is 2. The highest BCUT2D eigenvalue weighted by Gasteiger charge is 1.89. The highest BCUT2D eigenvalue weighted by molar-refractivity contribution is 9.10. The molecule has 2 N–H and O–H groups in total. The van der Waals surface area contributed by atoms with Crippen LogP contribution in [0.3, 0.4) is 0 Å². The molecule has 0 atom stereocenters. The zero-order valence-corrected chi connectivity index (χ0v) is 8.64. The van der Waals surface area contributed by atoms with Gasteiger partial charge in [-0.25, -0.2) is 0 Å². The first-order valence-electron chi connectivity index (χ1n) is 3.85. The molecular formula is C10H12BrN. The van der Waals surface area contributed by atoms with Gasteiger partial charge in [0, 0.05) is 10.2 Å². The quantitative estimate of drug-likeness (QED) is 0.824. The third-order valence-corrected chi connectivity index (χ3v) is 2.10. The summed E-state index contributed by atoms with van der Waals surface area (Å²) in [4.78, 5) is 0. The van der Waals surface area contributed by atoms with Gasteiger partial charge in [0.25, 0.3) is 0 Å². The Morgan fingerprint density at radius 3 is 2.50 bits per heavy atom. The minimum atomic E-state index is 0.873. The molecule has 1 aromatic carbocycles. The van der Waals surface area contributed by atoms with Crippen LogP contribution in [0.25, 0.3) is 0 Å². The Morgan fingerprint density at radius 2 is 2.00 bits per heavy atom. The summed E-state index contributed by atoms with van der Waals surface area (Å²) < 4.78 is 1.11. The summed E-state index contributed by atoms with van der Waals surface area (Å²) in [5.74, 6) is 0. The number of hydrogen-bond acceptors (Lipinski definition) is 1. The molecule has 2 heteroatoms. The summed E-state index contributed by atoms with van der Waals surface area (Å²) in [5, 5.41) is 0. The van der Waals surface area contributed by atoms with Gasteiger partial charge in [0.1, 0.15) is 0 Å². The van der Waals surface area contributed by atoms with Crippen molar-refractivity contribution in [2.24, 2.45) is 5.73 Å². The Bertz CT molecular complexity index is 270. The predicted molar refractivity (Wildman–Crippen MR) is 55.8 cm³/mol. The van der Waals surface area contributed by atoms with E-state index < -0.39 is 0 Å². The van der Waals surface area contributed by atoms with Gasteiger partial charge >= 0.3 is 0 Å². The fourth-order valence-corrected chi connectivity index (χ4v) is 1.16. The lowest BCUT2D eigenvalue weighted by Crippen LogP contribution is -1.91. The van der Waals surface area contributed by atoms with Gasteiger partial charge in [-0.15, -0.1) is 0 Å². The lowest BCUT2D eigenvalue weighted by Gasteiger charge is -1.96. The van der Waals surface area contributed by atoms with Gasteiger partial charge in [-0.2, -0.15) is 0 Å². The monoisotopic (exact) mass is 225 g/mol. The van der Waals surface area contributed by atoms with E-state index in [1.165, 1.54) is 5.56 Å². The van der Waals surface area contributed by atoms with Crippen molar-refractivity contribution in [2.45, 2.75) is 13.3 Å². The summed E-state index contributed by atoms with van der Waals surface area (Å²) in [6.45, 7) is 1.90. The standard InChI is InChI=1S/C10H12BrN/c1-8(12)2-3-9-4-6-10(11)7-5-9/h2,4-7H,3,12H2,1H3/b8-2+. The number of benzene rings is 1. The Balaban J connectivity index is 2.65. The second kappa shape index (κ2) is 4.31. The third kappa shape index (κ3) is 3.09. The molecule has 0 aromatic heterocycles. The van der Waals surface area contributed by atoms with E-state index in [0.29, 0.717) is 0 Å². The van der Waals surface area contributed by atoms with Gasteiger partial charge in [0.2, 0.25) is 0 Å². The number of nitrogens with two attached hydrogens (primary N) is 1. The molecule has 0 saturated carbocycles. The topological polar surface area (TPSA) is 26.0 Å². The molecule has 0 aliphatic rings. The molecule has 0 spiro atoms. The van der Waals surface area contributed by atoms with Gasteiger partial charge in [-0.1, -0.05) is 34.1 Å². The molecule has 12 heavy (non-hydrogen) atoms. The van der Waals surface area contributed by atoms with Gasteiger partial charge < -0.3 is 5.73 Å². The Morgan fingerprint density at radius 1 is 1.42 bits per heavy atom. The van der Waals surface area contributed by atoms with Crippen molar-refractivity contribution in [1.82, 2.24) is 0 Å². The number of allylic oxidation sites excluding steroid dienone is 2. The second-order valence-electron chi connectivity index (χ2n) is 2.78. The first kappa shape index (κ1) is 9.33. The molecule has 0 radical (unpaired) electrons. The van der Waals surface area contributed by atoms with Crippen molar-refractivity contribution in [3.63, 3.8) is 0 Å². The van der Waals surface area contributed by atoms with Crippen LogP contribution in [0.15, 0.2) is 40.5 Å². The van der Waals surface area contributed by atoms with Gasteiger partial charge in [0.15, 0.2) is 0 Å². The van der Waals surface area contributed by atoms with Crippen molar-refractivity contribution < 1.29 is 0 Å². The normalized spacial score (nSPS) is 11.7. The van der Waals surface area contributed by atoms with Crippen LogP contribution >= 0.6 is 15.9 Å². The molecule has 64 valence electrons. The second-order valence-corrected chi connectivity index (χ2v) is 3.69. The number of hydrogen-bond donors (Lipinski definition) is 1. The fraction of sp³-hybridized carbons (Fsp3) is 0.200. The van der Waals surface area contributed by atoms with Crippen LogP contribution in [0, 0.1) is 0 Å². The van der Waals surface area contributed by atoms with Crippen LogP contribution in [0.5, 0.6) is 0 Å². The largest absolute Gasteiger partial charge is 0.403 e. The Hall–Kier alpha value is -0.760. The zero-order chi connectivity index (χ0) is 8.97. The maximum absolute atomic E-state index is 5.52. The lowest BCUT2D eigenvalue weighted by molar-refractivity contribution is 1.19. The average molecular weight is 226 g/mol. The lowest BCUT2D eigenvalue weighted by atomic mass is 10.1. The van der Waals surface area contributed by atoms with E-state index in [1.54, 1.807) is 0 Å². The molecule has 1 rings (SSSR count). The van der Waals surface area contributed by atoms with Gasteiger partial charge in [-0.05, 0) is 31.0 Å². The molecule has 1 nitrogen and oxygen atoms in total. The summed E-state index contributed by atoms with van der Waals surface area (Å²) in [5.41, 5.74) is 7.68. The maximum atomic E-state index is 5.52. The molecule has 0 unspecified atom stereocenters. The molecule has 0 heterocycles. The van der Waals surface area contributed by atoms with Crippen molar-refractivity contribution in [3.8, 4) is 0 Å². The van der Waals surface area contributed by atoms with Gasteiger partial charge in [0.05, 0.1) is 0 Å². The van der Waals surface area contributed by atoms with Crippen molar-refractivity contribution in [2.75, 3.05) is 0 Å². The summed E-state index contributed by atoms with van der Waals surface area (Å²) in [7, 11) is 0. The van der Waals surface area contributed by atoms with E-state index >= 15 is 0 Å². The van der Waals surface area contributed by atoms with Crippen LogP contribution in [-0.4, -0.2) is 0 Å². The summed E-state index contributed by atoms with van der Waals surface area (Å²) in [6, 6.07) is 8.25. The van der Waals surface area contributed by atoms with Crippen LogP contribution in [-0.2, 0) is 6.42 Å². The summed E-state index contributed by atoms with van der Waals surface area (Å²) in [6.07, 6.45) is 2.93. The maximum Gasteiger partial charge on any atom is 0.0175 e. The third-order valence-electron chi connectivity index (χ3n) is 1.57. The van der Waals surface area contributed by atoms with E-state index in [9.17, 15) is 0 Å². The van der Waals surface area contributed by atoms with E-state index in [-0.39, 0.29) is 0 Å². The van der Waals surface area contributed by atoms with Gasteiger partial charge in [-0.3, -0.25) is 0 Å². The van der Waals surface area contributed by atoms with Crippen LogP contribution in [0.2, 0.25) is 0 Å². The molecule has 1 aromatic rings. The molecule has 0 amide bonds. The van der Waals surface area contributed by atoms with E-state index in [1.807, 2.05) is 25.1 Å². The average Bonchev–Trinajstić information content (AvgIpc) is 2.03. The van der Waals surface area contributed by atoms with E-state index in [4.69, 9.17) is 5.73 Å². The smallest absolute Gasteiger partial charge is 0.0175 e. The first-order valence-corrected chi connectivity index (χ1v) is 4.64. The SMILES string of the molecule is C/C(N)=C\Cc1ccc(Br)cc1. The van der Waals surface area contributed by atoms with Crippen molar-refractivity contribution in [3.05, 3.63) is 46.1 Å². The van der Waals surface area contributed by atoms with Crippen molar-refractivity contribution in [1.29, 1.82) is 0 Å². The Kier molecular flexibility index (Phi) is 3.35. The fourth-order valence-electron chi connectivity index (χ4n) is 0.899. The zero-order valence-electron chi connectivity index (χ0n) is 7.05. The highest BCUT2D eigenvalue weighted by Crippen LogP contribution is 2.11. The molecule has 0 aliphatic heterocycles. The van der Waals surface area contributed by atoms with Crippen molar-refractivity contribution >= 4 is 15.9 Å². The molecular weight excluding hydrogens is 214 g/mol. The van der Waals surface area contributed by atoms with E-state index in [0.717, 1.165) is 16.6 Å². The van der Waals surface area contributed by atoms with Crippen LogP contribution in [0.1, 0.15) is 12.5 Å². The molecule has 0 saturated heterocycles. The minimum Gasteiger partial charge on any atom is -0.403 e. The Labute approximate surface area is 81.4 Å². The number of halogens is 1. The van der Waals surface area contributed by atoms with Crippen LogP contribution < -0.4 is 5.73 Å². The van der Waals surface area contributed by atoms with Crippen LogP contribution in [0.4, 0.5) is 0 Å².